The average Bonchev–Trinajstić information content (AvgIpc) is 2.33. The fourth-order valence-electron chi connectivity index (χ4n) is 1.40. The molecule has 0 aliphatic heterocycles. The highest BCUT2D eigenvalue weighted by molar-refractivity contribution is 7.80. The first-order valence-corrected chi connectivity index (χ1v) is 5.72. The molecule has 0 amide bonds. The van der Waals surface area contributed by atoms with Crippen molar-refractivity contribution in [2.45, 2.75) is 12.8 Å². The molecule has 2 N–H and O–H groups in total. The minimum absolute atomic E-state index is 0.506. The molecule has 5 heteroatoms. The molecule has 0 saturated heterocycles. The molecule has 4 nitrogen and oxygen atoms in total. The Morgan fingerprint density at radius 3 is 2.53 bits per heavy atom. The zero-order chi connectivity index (χ0) is 12.7. The Hall–Kier alpha value is -1.49. The van der Waals surface area contributed by atoms with E-state index in [1.165, 1.54) is 0 Å². The third-order valence-corrected chi connectivity index (χ3v) is 2.40. The normalized spacial score (nSPS) is 9.76. The van der Waals surface area contributed by atoms with Crippen molar-refractivity contribution in [1.82, 2.24) is 0 Å². The molecule has 0 atom stereocenters. The molecule has 0 fully saturated rings. The van der Waals surface area contributed by atoms with Gasteiger partial charge in [0.05, 0.1) is 25.8 Å². The zero-order valence-corrected chi connectivity index (χ0v) is 10.9. The van der Waals surface area contributed by atoms with Gasteiger partial charge in [0.1, 0.15) is 0 Å². The molecular formula is C12H17NO3S. The van der Waals surface area contributed by atoms with Gasteiger partial charge in [-0.05, 0) is 18.6 Å². The summed E-state index contributed by atoms with van der Waals surface area (Å²) in [7, 11) is 3.17. The highest BCUT2D eigenvalue weighted by atomic mass is 32.1. The molecule has 0 aliphatic rings. The number of rotatable bonds is 7. The van der Waals surface area contributed by atoms with Gasteiger partial charge in [-0.15, -0.1) is 0 Å². The maximum atomic E-state index is 5.60. The first-order valence-electron chi connectivity index (χ1n) is 5.31. The number of para-hydroxylation sites is 1. The van der Waals surface area contributed by atoms with Crippen molar-refractivity contribution in [1.29, 1.82) is 0 Å². The average molecular weight is 255 g/mol. The van der Waals surface area contributed by atoms with E-state index < -0.39 is 0 Å². The number of thiocarbonyl (C=S) groups is 1. The largest absolute Gasteiger partial charge is 0.493 e. The molecule has 0 bridgehead atoms. The lowest BCUT2D eigenvalue weighted by Gasteiger charge is -2.13. The van der Waals surface area contributed by atoms with E-state index in [0.717, 1.165) is 6.42 Å². The van der Waals surface area contributed by atoms with Crippen LogP contribution in [0.5, 0.6) is 17.2 Å². The van der Waals surface area contributed by atoms with Crippen LogP contribution in [0.1, 0.15) is 12.8 Å². The van der Waals surface area contributed by atoms with Crippen LogP contribution < -0.4 is 19.9 Å². The van der Waals surface area contributed by atoms with Crippen LogP contribution in [-0.2, 0) is 0 Å². The predicted octanol–water partition coefficient (Wildman–Crippen LogP) is 2.15. The molecule has 1 aromatic rings. The lowest BCUT2D eigenvalue weighted by Crippen LogP contribution is -2.09. The third kappa shape index (κ3) is 4.11. The van der Waals surface area contributed by atoms with Gasteiger partial charge in [-0.25, -0.2) is 0 Å². The SMILES string of the molecule is COc1cccc(OCCCC(N)=S)c1OC. The van der Waals surface area contributed by atoms with E-state index in [-0.39, 0.29) is 0 Å². The number of ether oxygens (including phenoxy) is 3. The van der Waals surface area contributed by atoms with E-state index in [1.807, 2.05) is 18.2 Å². The summed E-state index contributed by atoms with van der Waals surface area (Å²) in [4.78, 5) is 0.506. The Kier molecular flexibility index (Phi) is 5.56. The Bertz CT molecular complexity index is 382. The van der Waals surface area contributed by atoms with Crippen LogP contribution in [0.4, 0.5) is 0 Å². The Balaban J connectivity index is 2.60. The van der Waals surface area contributed by atoms with Crippen LogP contribution in [0, 0.1) is 0 Å². The van der Waals surface area contributed by atoms with Gasteiger partial charge in [-0.3, -0.25) is 0 Å². The number of nitrogens with two attached hydrogens (primary N) is 1. The second-order valence-electron chi connectivity index (χ2n) is 3.41. The van der Waals surface area contributed by atoms with Gasteiger partial charge in [0.25, 0.3) is 0 Å². The summed E-state index contributed by atoms with van der Waals surface area (Å²) < 4.78 is 16.0. The van der Waals surface area contributed by atoms with Gasteiger partial charge < -0.3 is 19.9 Å². The molecule has 0 aromatic heterocycles. The quantitative estimate of drug-likeness (QED) is 0.597. The molecule has 0 aliphatic carbocycles. The Morgan fingerprint density at radius 2 is 1.94 bits per heavy atom. The molecule has 17 heavy (non-hydrogen) atoms. The monoisotopic (exact) mass is 255 g/mol. The van der Waals surface area contributed by atoms with Gasteiger partial charge >= 0.3 is 0 Å². The van der Waals surface area contributed by atoms with Crippen molar-refractivity contribution in [2.75, 3.05) is 20.8 Å². The molecule has 1 aromatic carbocycles. The van der Waals surface area contributed by atoms with Gasteiger partial charge in [0.2, 0.25) is 5.75 Å². The second kappa shape index (κ2) is 6.96. The molecule has 0 saturated carbocycles. The fraction of sp³-hybridized carbons (Fsp3) is 0.417. The third-order valence-electron chi connectivity index (χ3n) is 2.19. The summed E-state index contributed by atoms with van der Waals surface area (Å²) in [6.07, 6.45) is 1.47. The van der Waals surface area contributed by atoms with E-state index >= 15 is 0 Å². The molecule has 0 heterocycles. The van der Waals surface area contributed by atoms with E-state index in [2.05, 4.69) is 0 Å². The zero-order valence-electron chi connectivity index (χ0n) is 10.1. The molecule has 1 rings (SSSR count). The summed E-state index contributed by atoms with van der Waals surface area (Å²) in [5, 5.41) is 0. The van der Waals surface area contributed by atoms with Crippen molar-refractivity contribution in [3.63, 3.8) is 0 Å². The predicted molar refractivity (Wildman–Crippen MR) is 71.1 cm³/mol. The van der Waals surface area contributed by atoms with Crippen LogP contribution in [0.25, 0.3) is 0 Å². The van der Waals surface area contributed by atoms with Gasteiger partial charge in [-0.1, -0.05) is 18.3 Å². The maximum absolute atomic E-state index is 5.60. The highest BCUT2D eigenvalue weighted by Gasteiger charge is 2.10. The summed E-state index contributed by atoms with van der Waals surface area (Å²) in [5.74, 6) is 1.92. The minimum atomic E-state index is 0.506. The number of benzene rings is 1. The van der Waals surface area contributed by atoms with Gasteiger partial charge in [-0.2, -0.15) is 0 Å². The number of methoxy groups -OCH3 is 2. The van der Waals surface area contributed by atoms with E-state index in [4.69, 9.17) is 32.2 Å². The lowest BCUT2D eigenvalue weighted by atomic mass is 10.3. The van der Waals surface area contributed by atoms with Gasteiger partial charge in [0, 0.05) is 6.42 Å². The van der Waals surface area contributed by atoms with Crippen molar-refractivity contribution in [3.8, 4) is 17.2 Å². The molecular weight excluding hydrogens is 238 g/mol. The Morgan fingerprint density at radius 1 is 1.24 bits per heavy atom. The summed E-state index contributed by atoms with van der Waals surface area (Å²) in [5.41, 5.74) is 5.40. The van der Waals surface area contributed by atoms with Crippen molar-refractivity contribution in [2.24, 2.45) is 5.73 Å². The summed E-state index contributed by atoms with van der Waals surface area (Å²) in [6, 6.07) is 5.51. The molecule has 0 radical (unpaired) electrons. The highest BCUT2D eigenvalue weighted by Crippen LogP contribution is 2.36. The van der Waals surface area contributed by atoms with Crippen molar-refractivity contribution >= 4 is 17.2 Å². The van der Waals surface area contributed by atoms with Crippen molar-refractivity contribution < 1.29 is 14.2 Å². The maximum Gasteiger partial charge on any atom is 0.203 e. The Labute approximate surface area is 107 Å². The van der Waals surface area contributed by atoms with Crippen LogP contribution in [0.2, 0.25) is 0 Å². The molecule has 94 valence electrons. The fourth-order valence-corrected chi connectivity index (χ4v) is 1.54. The van der Waals surface area contributed by atoms with E-state index in [9.17, 15) is 0 Å². The smallest absolute Gasteiger partial charge is 0.203 e. The second-order valence-corrected chi connectivity index (χ2v) is 3.93. The minimum Gasteiger partial charge on any atom is -0.493 e. The van der Waals surface area contributed by atoms with E-state index in [1.54, 1.807) is 14.2 Å². The van der Waals surface area contributed by atoms with Crippen LogP contribution in [-0.4, -0.2) is 25.8 Å². The molecule has 0 spiro atoms. The van der Waals surface area contributed by atoms with E-state index in [0.29, 0.717) is 35.3 Å². The van der Waals surface area contributed by atoms with Gasteiger partial charge in [0.15, 0.2) is 11.5 Å². The van der Waals surface area contributed by atoms with Crippen molar-refractivity contribution in [3.05, 3.63) is 18.2 Å². The molecule has 0 unspecified atom stereocenters. The first kappa shape index (κ1) is 13.6. The number of hydrogen-bond donors (Lipinski definition) is 1. The standard InChI is InChI=1S/C12H17NO3S/c1-14-9-5-3-6-10(12(9)15-2)16-8-4-7-11(13)17/h3,5-6H,4,7-8H2,1-2H3,(H2,13,17). The number of hydrogen-bond acceptors (Lipinski definition) is 4. The lowest BCUT2D eigenvalue weighted by molar-refractivity contribution is 0.281. The van der Waals surface area contributed by atoms with Crippen LogP contribution in [0.15, 0.2) is 18.2 Å². The summed E-state index contributed by atoms with van der Waals surface area (Å²) in [6.45, 7) is 0.543. The van der Waals surface area contributed by atoms with Crippen LogP contribution in [0.3, 0.4) is 0 Å². The first-order chi connectivity index (χ1) is 8.19. The van der Waals surface area contributed by atoms with Crippen LogP contribution >= 0.6 is 12.2 Å². The topological polar surface area (TPSA) is 53.7 Å². The summed E-state index contributed by atoms with van der Waals surface area (Å²) >= 11 is 4.79.